The van der Waals surface area contributed by atoms with E-state index in [2.05, 4.69) is 13.8 Å². The van der Waals surface area contributed by atoms with Gasteiger partial charge in [-0.25, -0.2) is 0 Å². The maximum Gasteiger partial charge on any atom is 0.133 e. The van der Waals surface area contributed by atoms with E-state index in [1.165, 1.54) is 6.42 Å². The van der Waals surface area contributed by atoms with E-state index in [-0.39, 0.29) is 28.6 Å². The molecule has 0 bridgehead atoms. The van der Waals surface area contributed by atoms with Crippen molar-refractivity contribution < 1.29 is 14.7 Å². The first kappa shape index (κ1) is 16.8. The van der Waals surface area contributed by atoms with Crippen molar-refractivity contribution in [1.82, 2.24) is 0 Å². The molecule has 134 valence electrons. The molecule has 24 heavy (non-hydrogen) atoms. The average molecular weight is 332 g/mol. The lowest BCUT2D eigenvalue weighted by Crippen LogP contribution is -2.58. The van der Waals surface area contributed by atoms with E-state index in [4.69, 9.17) is 0 Å². The van der Waals surface area contributed by atoms with Crippen molar-refractivity contribution in [2.75, 3.05) is 0 Å². The first-order valence-electron chi connectivity index (χ1n) is 9.98. The van der Waals surface area contributed by atoms with E-state index in [9.17, 15) is 14.7 Å². The summed E-state index contributed by atoms with van der Waals surface area (Å²) in [5.41, 5.74) is -0.00582. The van der Waals surface area contributed by atoms with Gasteiger partial charge in [0.1, 0.15) is 11.6 Å². The van der Waals surface area contributed by atoms with Crippen molar-refractivity contribution >= 4 is 11.6 Å². The predicted octanol–water partition coefficient (Wildman–Crippen LogP) is 3.77. The normalized spacial score (nSPS) is 53.9. The number of Topliss-reactive ketones (excluding diaryl/α,β-unsaturated/α-hetero) is 2. The number of aliphatic hydroxyl groups excluding tert-OH is 1. The number of hydrogen-bond donors (Lipinski definition) is 1. The monoisotopic (exact) mass is 332 g/mol. The number of aliphatic hydroxyl groups is 1. The fourth-order valence-corrected chi connectivity index (χ4v) is 7.67. The molecule has 3 nitrogen and oxygen atoms in total. The highest BCUT2D eigenvalue weighted by Gasteiger charge is 2.63. The van der Waals surface area contributed by atoms with Crippen LogP contribution in [0, 0.1) is 40.4 Å². The second-order valence-corrected chi connectivity index (χ2v) is 9.76. The van der Waals surface area contributed by atoms with Gasteiger partial charge in [0.2, 0.25) is 0 Å². The van der Waals surface area contributed by atoms with Crippen LogP contribution in [0.1, 0.15) is 72.1 Å². The minimum Gasteiger partial charge on any atom is -0.393 e. The van der Waals surface area contributed by atoms with Crippen LogP contribution in [0.15, 0.2) is 0 Å². The van der Waals surface area contributed by atoms with E-state index < -0.39 is 0 Å². The summed E-state index contributed by atoms with van der Waals surface area (Å²) in [4.78, 5) is 24.1. The molecule has 8 atom stereocenters. The Morgan fingerprint density at radius 2 is 1.88 bits per heavy atom. The van der Waals surface area contributed by atoms with Crippen LogP contribution in [0.4, 0.5) is 0 Å². The van der Waals surface area contributed by atoms with E-state index in [1.54, 1.807) is 6.92 Å². The van der Waals surface area contributed by atoms with Gasteiger partial charge in [-0.2, -0.15) is 0 Å². The molecule has 0 spiro atoms. The van der Waals surface area contributed by atoms with Crippen molar-refractivity contribution in [2.45, 2.75) is 78.2 Å². The molecule has 4 rings (SSSR count). The van der Waals surface area contributed by atoms with Crippen LogP contribution in [-0.2, 0) is 9.59 Å². The Kier molecular flexibility index (Phi) is 3.77. The highest BCUT2D eigenvalue weighted by Crippen LogP contribution is 2.67. The quantitative estimate of drug-likeness (QED) is 0.795. The predicted molar refractivity (Wildman–Crippen MR) is 92.3 cm³/mol. The minimum atomic E-state index is -0.367. The molecule has 4 aliphatic carbocycles. The number of rotatable bonds is 1. The Labute approximate surface area is 145 Å². The summed E-state index contributed by atoms with van der Waals surface area (Å²) in [6, 6.07) is 0. The maximum absolute atomic E-state index is 12.2. The lowest BCUT2D eigenvalue weighted by atomic mass is 9.44. The van der Waals surface area contributed by atoms with Gasteiger partial charge >= 0.3 is 0 Å². The molecule has 0 amide bonds. The van der Waals surface area contributed by atoms with Crippen molar-refractivity contribution in [1.29, 1.82) is 0 Å². The molecule has 0 aromatic heterocycles. The summed E-state index contributed by atoms with van der Waals surface area (Å²) in [5.74, 6) is 2.91. The Hall–Kier alpha value is -0.700. The van der Waals surface area contributed by atoms with Crippen LogP contribution >= 0.6 is 0 Å². The number of ketones is 2. The molecule has 0 aromatic rings. The van der Waals surface area contributed by atoms with Crippen LogP contribution in [-0.4, -0.2) is 22.8 Å². The van der Waals surface area contributed by atoms with Crippen LogP contribution in [0.25, 0.3) is 0 Å². The molecule has 0 heterocycles. The first-order chi connectivity index (χ1) is 11.3. The van der Waals surface area contributed by atoms with Gasteiger partial charge in [-0.15, -0.1) is 0 Å². The van der Waals surface area contributed by atoms with Crippen molar-refractivity contribution in [2.24, 2.45) is 40.4 Å². The van der Waals surface area contributed by atoms with Crippen molar-refractivity contribution in [3.8, 4) is 0 Å². The fourth-order valence-electron chi connectivity index (χ4n) is 7.67. The Bertz CT molecular complexity index is 569. The Morgan fingerprint density at radius 1 is 1.12 bits per heavy atom. The van der Waals surface area contributed by atoms with Crippen LogP contribution < -0.4 is 0 Å². The minimum absolute atomic E-state index is 0.0388. The fraction of sp³-hybridized carbons (Fsp3) is 0.905. The van der Waals surface area contributed by atoms with Gasteiger partial charge < -0.3 is 5.11 Å². The molecule has 1 N–H and O–H groups in total. The molecule has 3 heteroatoms. The first-order valence-corrected chi connectivity index (χ1v) is 9.98. The van der Waals surface area contributed by atoms with Gasteiger partial charge in [0.25, 0.3) is 0 Å². The van der Waals surface area contributed by atoms with Crippen LogP contribution in [0.2, 0.25) is 0 Å². The third-order valence-electron chi connectivity index (χ3n) is 9.08. The summed E-state index contributed by atoms with van der Waals surface area (Å²) >= 11 is 0. The Morgan fingerprint density at radius 3 is 2.58 bits per heavy atom. The van der Waals surface area contributed by atoms with Crippen molar-refractivity contribution in [3.05, 3.63) is 0 Å². The Balaban J connectivity index is 1.67. The summed E-state index contributed by atoms with van der Waals surface area (Å²) in [7, 11) is 0. The third kappa shape index (κ3) is 2.06. The molecule has 0 aromatic carbocycles. The molecular weight excluding hydrogens is 300 g/mol. The smallest absolute Gasteiger partial charge is 0.133 e. The van der Waals surface area contributed by atoms with Gasteiger partial charge in [-0.3, -0.25) is 9.59 Å². The van der Waals surface area contributed by atoms with Gasteiger partial charge in [0.15, 0.2) is 0 Å². The number of carbonyl (C=O) groups is 2. The molecule has 4 aliphatic rings. The number of hydrogen-bond acceptors (Lipinski definition) is 3. The van der Waals surface area contributed by atoms with Gasteiger partial charge in [0.05, 0.1) is 6.10 Å². The highest BCUT2D eigenvalue weighted by molar-refractivity contribution is 5.80. The molecule has 0 radical (unpaired) electrons. The number of carbonyl (C=O) groups excluding carboxylic acids is 2. The van der Waals surface area contributed by atoms with Gasteiger partial charge in [0, 0.05) is 24.2 Å². The summed E-state index contributed by atoms with van der Waals surface area (Å²) < 4.78 is 0. The van der Waals surface area contributed by atoms with E-state index in [0.717, 1.165) is 44.9 Å². The summed E-state index contributed by atoms with van der Waals surface area (Å²) in [6.07, 6.45) is 7.36. The van der Waals surface area contributed by atoms with E-state index in [1.807, 2.05) is 0 Å². The summed E-state index contributed by atoms with van der Waals surface area (Å²) in [6.45, 7) is 6.30. The molecule has 0 saturated heterocycles. The highest BCUT2D eigenvalue weighted by atomic mass is 16.3. The molecular formula is C21H32O3. The second-order valence-electron chi connectivity index (χ2n) is 9.76. The average Bonchev–Trinajstić information content (AvgIpc) is 2.88. The third-order valence-corrected chi connectivity index (χ3v) is 9.08. The van der Waals surface area contributed by atoms with E-state index in [0.29, 0.717) is 29.5 Å². The molecule has 4 saturated carbocycles. The van der Waals surface area contributed by atoms with E-state index >= 15 is 0 Å². The van der Waals surface area contributed by atoms with Crippen LogP contribution in [0.5, 0.6) is 0 Å². The lowest BCUT2D eigenvalue weighted by molar-refractivity contribution is -0.170. The van der Waals surface area contributed by atoms with Crippen LogP contribution in [0.3, 0.4) is 0 Å². The zero-order valence-corrected chi connectivity index (χ0v) is 15.4. The summed E-state index contributed by atoms with van der Waals surface area (Å²) in [5, 5.41) is 11.1. The zero-order valence-electron chi connectivity index (χ0n) is 15.4. The zero-order chi connectivity index (χ0) is 17.3. The topological polar surface area (TPSA) is 54.4 Å². The molecule has 4 fully saturated rings. The number of fused-ring (bicyclic) bond motifs is 5. The van der Waals surface area contributed by atoms with Crippen molar-refractivity contribution in [3.63, 3.8) is 0 Å². The van der Waals surface area contributed by atoms with Gasteiger partial charge in [-0.05, 0) is 74.5 Å². The second kappa shape index (κ2) is 5.40. The van der Waals surface area contributed by atoms with Gasteiger partial charge in [-0.1, -0.05) is 13.8 Å². The molecule has 0 aliphatic heterocycles. The standard InChI is InChI=1S/C21H32O3/c1-12(22)16-6-7-17-15-5-4-13-10-14(23)8-9-20(13,2)18(15)11-19(24)21(16,17)3/h13,15-19,24H,4-11H2,1-3H3/t13-,15+,16-,17+,18+,19+,20+,21+/m1/s1. The largest absolute Gasteiger partial charge is 0.393 e. The maximum atomic E-state index is 12.2. The molecule has 0 unspecified atom stereocenters. The SMILES string of the molecule is CC(=O)[C@H]1CC[C@H]2[C@@H]3CC[C@@H]4CC(=O)CC[C@]4(C)[C@H]3C[C@H](O)[C@@]12C. The lowest BCUT2D eigenvalue weighted by Gasteiger charge is -2.61.